The monoisotopic (exact) mass is 417 g/mol. The first kappa shape index (κ1) is 19.7. The van der Waals surface area contributed by atoms with Crippen molar-refractivity contribution in [1.29, 1.82) is 0 Å². The predicted molar refractivity (Wildman–Crippen MR) is 116 cm³/mol. The minimum atomic E-state index is -0.000960. The smallest absolute Gasteiger partial charge is 0.200 e. The van der Waals surface area contributed by atoms with Gasteiger partial charge in [-0.3, -0.25) is 9.36 Å². The van der Waals surface area contributed by atoms with Gasteiger partial charge in [0.1, 0.15) is 11.5 Å². The van der Waals surface area contributed by atoms with Gasteiger partial charge in [-0.2, -0.15) is 0 Å². The number of Topliss-reactive ketones (excluding diaryl/α,β-unsaturated/α-hetero) is 1. The first-order chi connectivity index (χ1) is 14.7. The fraction of sp³-hybridized carbons (Fsp3) is 0.0870. The molecule has 2 heterocycles. The first-order valence-corrected chi connectivity index (χ1v) is 10.3. The van der Waals surface area contributed by atoms with E-state index in [-0.39, 0.29) is 11.5 Å². The van der Waals surface area contributed by atoms with Gasteiger partial charge in [-0.25, -0.2) is 0 Å². The summed E-state index contributed by atoms with van der Waals surface area (Å²) in [7, 11) is 0. The zero-order chi connectivity index (χ0) is 20.8. The molecule has 0 unspecified atom stereocenters. The van der Waals surface area contributed by atoms with E-state index in [0.29, 0.717) is 34.6 Å². The molecule has 30 heavy (non-hydrogen) atoms. The van der Waals surface area contributed by atoms with Crippen LogP contribution in [0.15, 0.2) is 95.2 Å². The number of hydrogen-bond donors (Lipinski definition) is 0. The lowest BCUT2D eigenvalue weighted by atomic mass is 10.1. The van der Waals surface area contributed by atoms with Crippen molar-refractivity contribution in [3.8, 4) is 23.1 Å². The van der Waals surface area contributed by atoms with Gasteiger partial charge >= 0.3 is 0 Å². The molecule has 150 valence electrons. The highest BCUT2D eigenvalue weighted by atomic mass is 32.2. The standard InChI is InChI=1S/C23H19N3O3S/c1-2-14-26-22(21-9-6-15-28-21)24-25-23(26)30-16-20(27)17-10-12-19(13-11-17)29-18-7-4-3-5-8-18/h2-13,15H,1,14,16H2. The highest BCUT2D eigenvalue weighted by molar-refractivity contribution is 7.99. The Morgan fingerprint density at radius 3 is 2.50 bits per heavy atom. The molecule has 0 radical (unpaired) electrons. The molecule has 4 rings (SSSR count). The summed E-state index contributed by atoms with van der Waals surface area (Å²) in [6.07, 6.45) is 3.34. The lowest BCUT2D eigenvalue weighted by molar-refractivity contribution is 0.102. The number of carbonyl (C=O) groups excluding carboxylic acids is 1. The van der Waals surface area contributed by atoms with Crippen LogP contribution >= 0.6 is 11.8 Å². The Labute approximate surface area is 178 Å². The third-order valence-electron chi connectivity index (χ3n) is 4.26. The maximum absolute atomic E-state index is 12.6. The summed E-state index contributed by atoms with van der Waals surface area (Å²) in [5.74, 6) is 2.90. The number of nitrogens with zero attached hydrogens (tertiary/aromatic N) is 3. The molecule has 0 fully saturated rings. The molecule has 0 amide bonds. The van der Waals surface area contributed by atoms with E-state index in [2.05, 4.69) is 16.8 Å². The normalized spacial score (nSPS) is 10.7. The zero-order valence-corrected chi connectivity index (χ0v) is 16.9. The quantitative estimate of drug-likeness (QED) is 0.204. The fourth-order valence-electron chi connectivity index (χ4n) is 2.82. The summed E-state index contributed by atoms with van der Waals surface area (Å²) in [6, 6.07) is 20.2. The van der Waals surface area contributed by atoms with Crippen molar-refractivity contribution >= 4 is 17.5 Å². The van der Waals surface area contributed by atoms with Gasteiger partial charge in [-0.05, 0) is 48.5 Å². The SMILES string of the molecule is C=CCn1c(SCC(=O)c2ccc(Oc3ccccc3)cc2)nnc1-c1ccco1. The number of furan rings is 1. The van der Waals surface area contributed by atoms with Crippen molar-refractivity contribution in [3.63, 3.8) is 0 Å². The largest absolute Gasteiger partial charge is 0.461 e. The maximum Gasteiger partial charge on any atom is 0.200 e. The molecule has 0 spiro atoms. The van der Waals surface area contributed by atoms with Gasteiger partial charge in [-0.1, -0.05) is 36.0 Å². The van der Waals surface area contributed by atoms with E-state index >= 15 is 0 Å². The number of para-hydroxylation sites is 1. The van der Waals surface area contributed by atoms with E-state index < -0.39 is 0 Å². The van der Waals surface area contributed by atoms with Crippen LogP contribution in [0, 0.1) is 0 Å². The lowest BCUT2D eigenvalue weighted by Gasteiger charge is -2.07. The summed E-state index contributed by atoms with van der Waals surface area (Å²) >= 11 is 1.33. The topological polar surface area (TPSA) is 70.2 Å². The molecule has 4 aromatic rings. The fourth-order valence-corrected chi connectivity index (χ4v) is 3.67. The van der Waals surface area contributed by atoms with Crippen molar-refractivity contribution in [2.24, 2.45) is 0 Å². The number of carbonyl (C=O) groups is 1. The van der Waals surface area contributed by atoms with Crippen LogP contribution in [0.3, 0.4) is 0 Å². The molecule has 0 saturated heterocycles. The van der Waals surface area contributed by atoms with E-state index in [4.69, 9.17) is 9.15 Å². The van der Waals surface area contributed by atoms with Crippen molar-refractivity contribution < 1.29 is 13.9 Å². The van der Waals surface area contributed by atoms with Crippen LogP contribution in [-0.4, -0.2) is 26.3 Å². The molecule has 2 aromatic carbocycles. The first-order valence-electron chi connectivity index (χ1n) is 9.31. The second-order valence-electron chi connectivity index (χ2n) is 6.33. The van der Waals surface area contributed by atoms with Crippen molar-refractivity contribution in [3.05, 3.63) is 91.2 Å². The van der Waals surface area contributed by atoms with Gasteiger partial charge in [0.05, 0.1) is 12.0 Å². The van der Waals surface area contributed by atoms with E-state index in [9.17, 15) is 4.79 Å². The highest BCUT2D eigenvalue weighted by Crippen LogP contribution is 2.26. The number of thioether (sulfide) groups is 1. The van der Waals surface area contributed by atoms with Crippen LogP contribution in [0.1, 0.15) is 10.4 Å². The van der Waals surface area contributed by atoms with Gasteiger partial charge in [0.15, 0.2) is 16.7 Å². The number of allylic oxidation sites excluding steroid dienone is 1. The van der Waals surface area contributed by atoms with Crippen LogP contribution in [0.25, 0.3) is 11.6 Å². The minimum Gasteiger partial charge on any atom is -0.461 e. The van der Waals surface area contributed by atoms with E-state index in [1.807, 2.05) is 41.0 Å². The number of ether oxygens (including phenoxy) is 1. The second-order valence-corrected chi connectivity index (χ2v) is 7.28. The average Bonchev–Trinajstić information content (AvgIpc) is 3.44. The number of rotatable bonds is 9. The average molecular weight is 417 g/mol. The van der Waals surface area contributed by atoms with Crippen LogP contribution in [0.5, 0.6) is 11.5 Å². The Balaban J connectivity index is 1.42. The van der Waals surface area contributed by atoms with Crippen molar-refractivity contribution in [1.82, 2.24) is 14.8 Å². The van der Waals surface area contributed by atoms with E-state index in [0.717, 1.165) is 5.75 Å². The maximum atomic E-state index is 12.6. The number of aromatic nitrogens is 3. The zero-order valence-electron chi connectivity index (χ0n) is 16.1. The Bertz CT molecular complexity index is 1120. The van der Waals surface area contributed by atoms with Crippen molar-refractivity contribution in [2.45, 2.75) is 11.7 Å². The molecular formula is C23H19N3O3S. The molecular weight excluding hydrogens is 398 g/mol. The molecule has 0 aliphatic rings. The Hall–Kier alpha value is -3.58. The lowest BCUT2D eigenvalue weighted by Crippen LogP contribution is -2.05. The highest BCUT2D eigenvalue weighted by Gasteiger charge is 2.17. The third-order valence-corrected chi connectivity index (χ3v) is 5.22. The number of benzene rings is 2. The van der Waals surface area contributed by atoms with Gasteiger partial charge in [0.25, 0.3) is 0 Å². The minimum absolute atomic E-state index is 0.000960. The van der Waals surface area contributed by atoms with Crippen LogP contribution in [0.4, 0.5) is 0 Å². The summed E-state index contributed by atoms with van der Waals surface area (Å²) in [5.41, 5.74) is 0.615. The van der Waals surface area contributed by atoms with Crippen LogP contribution in [0.2, 0.25) is 0 Å². The predicted octanol–water partition coefficient (Wildman–Crippen LogP) is 5.49. The molecule has 0 atom stereocenters. The molecule has 0 aliphatic heterocycles. The van der Waals surface area contributed by atoms with Gasteiger partial charge in [-0.15, -0.1) is 16.8 Å². The number of ketones is 1. The summed E-state index contributed by atoms with van der Waals surface area (Å²) in [6.45, 7) is 4.30. The van der Waals surface area contributed by atoms with E-state index in [1.54, 1.807) is 42.7 Å². The molecule has 0 saturated carbocycles. The van der Waals surface area contributed by atoms with Crippen molar-refractivity contribution in [2.75, 3.05) is 5.75 Å². The van der Waals surface area contributed by atoms with E-state index in [1.165, 1.54) is 11.8 Å². The summed E-state index contributed by atoms with van der Waals surface area (Å²) in [5, 5.41) is 9.05. The molecule has 0 N–H and O–H groups in total. The summed E-state index contributed by atoms with van der Waals surface area (Å²) in [4.78, 5) is 12.6. The van der Waals surface area contributed by atoms with Crippen LogP contribution in [-0.2, 0) is 6.54 Å². The Morgan fingerprint density at radius 2 is 1.80 bits per heavy atom. The molecule has 2 aromatic heterocycles. The molecule has 0 bridgehead atoms. The molecule has 7 heteroatoms. The third kappa shape index (κ3) is 4.52. The van der Waals surface area contributed by atoms with Crippen LogP contribution < -0.4 is 4.74 Å². The Morgan fingerprint density at radius 1 is 1.03 bits per heavy atom. The molecule has 6 nitrogen and oxygen atoms in total. The van der Waals surface area contributed by atoms with Gasteiger partial charge < -0.3 is 9.15 Å². The number of hydrogen-bond acceptors (Lipinski definition) is 6. The van der Waals surface area contributed by atoms with Gasteiger partial charge in [0, 0.05) is 12.1 Å². The summed E-state index contributed by atoms with van der Waals surface area (Å²) < 4.78 is 13.1. The molecule has 0 aliphatic carbocycles. The second kappa shape index (κ2) is 9.28. The Kier molecular flexibility index (Phi) is 6.10. The van der Waals surface area contributed by atoms with Gasteiger partial charge in [0.2, 0.25) is 5.82 Å².